The second-order valence-electron chi connectivity index (χ2n) is 23.3. The summed E-state index contributed by atoms with van der Waals surface area (Å²) >= 11 is 0.0643. The molecule has 15 N–H and O–H groups in total. The van der Waals surface area contributed by atoms with Gasteiger partial charge in [-0.05, 0) is 86.1 Å². The van der Waals surface area contributed by atoms with Crippen LogP contribution >= 0.6 is 12.3 Å². The number of rotatable bonds is 16. The van der Waals surface area contributed by atoms with E-state index in [0.717, 1.165) is 86.4 Å². The minimum absolute atomic E-state index is 0.0643. The molecule has 29 nitrogen and oxygen atoms in total. The lowest BCUT2D eigenvalue weighted by Gasteiger charge is -2.42. The number of nitrogens with one attached hydrogen (secondary N) is 5. The fraction of sp³-hybridized carbons (Fsp3) is 0.552. The van der Waals surface area contributed by atoms with Crippen LogP contribution < -0.4 is 41.4 Å². The molecule has 1 saturated carbocycles. The van der Waals surface area contributed by atoms with E-state index >= 15 is 0 Å². The van der Waals surface area contributed by atoms with Crippen molar-refractivity contribution in [1.29, 1.82) is 0 Å². The molecule has 0 radical (unpaired) electrons. The molecule has 4 heterocycles. The van der Waals surface area contributed by atoms with E-state index in [2.05, 4.69) is 70.0 Å². The third-order valence-corrected chi connectivity index (χ3v) is 17.5. The summed E-state index contributed by atoms with van der Waals surface area (Å²) in [6.45, 7) is 4.18. The zero-order valence-electron chi connectivity index (χ0n) is 48.5. The van der Waals surface area contributed by atoms with Gasteiger partial charge >= 0.3 is 0 Å². The van der Waals surface area contributed by atoms with Crippen molar-refractivity contribution in [3.63, 3.8) is 0 Å². The molecule has 88 heavy (non-hydrogen) atoms. The number of aromatic hydroxyl groups is 1. The highest BCUT2D eigenvalue weighted by Gasteiger charge is 2.50. The maximum Gasteiger partial charge on any atom is 0.261 e. The maximum atomic E-state index is 14.7. The van der Waals surface area contributed by atoms with Crippen LogP contribution in [0.3, 0.4) is 0 Å². The summed E-state index contributed by atoms with van der Waals surface area (Å²) < 4.78 is 9.31. The molecule has 3 aromatic rings. The highest BCUT2D eigenvalue weighted by molar-refractivity contribution is 7.90. The number of hydrogen-bond donors (Lipinski definition) is 14. The van der Waals surface area contributed by atoms with E-state index in [0.29, 0.717) is 12.0 Å². The fourth-order valence-electron chi connectivity index (χ4n) is 12.3. The number of aliphatic hydroxyl groups is 6. The lowest BCUT2D eigenvalue weighted by Crippen LogP contribution is -2.64. The topological polar surface area (TPSA) is 425 Å². The SMILES string of the molecule is CC(O)C1NC(=O)C(NC(=O)c2ccc(N3CCN(C4CCC(c5ccccc5)CC4)CC3)cc2)CC(O)CNC(=O)C2C(O)C(C)CN2C(=O)C(C(O)CC(N)=O)NC(=O)C(C(O)Cc2ccc(O)c(OSOOO)c2)NC(=O)C2CC(O)CN2C1=O. The van der Waals surface area contributed by atoms with Gasteiger partial charge in [0.15, 0.2) is 11.5 Å². The van der Waals surface area contributed by atoms with Crippen LogP contribution in [-0.4, -0.2) is 228 Å². The first-order valence-corrected chi connectivity index (χ1v) is 29.9. The zero-order valence-corrected chi connectivity index (χ0v) is 49.4. The molecule has 480 valence electrons. The number of carbonyl (C=O) groups is 8. The Morgan fingerprint density at radius 1 is 0.750 bits per heavy atom. The lowest BCUT2D eigenvalue weighted by atomic mass is 9.81. The molecule has 8 rings (SSSR count). The lowest BCUT2D eigenvalue weighted by molar-refractivity contribution is -0.433. The Balaban J connectivity index is 1.05. The summed E-state index contributed by atoms with van der Waals surface area (Å²) in [5.74, 6) is -10.3. The minimum Gasteiger partial charge on any atom is -0.504 e. The Morgan fingerprint density at radius 3 is 2.07 bits per heavy atom. The largest absolute Gasteiger partial charge is 0.504 e. The number of carbonyl (C=O) groups excluding carboxylic acids is 8. The van der Waals surface area contributed by atoms with Gasteiger partial charge in [0, 0.05) is 88.3 Å². The van der Waals surface area contributed by atoms with Crippen LogP contribution in [0.2, 0.25) is 0 Å². The number of phenolic OH excluding ortho intramolecular Hbond substituents is 1. The average Bonchev–Trinajstić information content (AvgIpc) is 3.69. The molecule has 4 saturated heterocycles. The van der Waals surface area contributed by atoms with Crippen molar-refractivity contribution in [2.75, 3.05) is 50.7 Å². The summed E-state index contributed by atoms with van der Waals surface area (Å²) in [5, 5.41) is 103. The molecular weight excluding hydrogens is 1170 g/mol. The van der Waals surface area contributed by atoms with E-state index in [4.69, 9.17) is 15.2 Å². The van der Waals surface area contributed by atoms with Crippen molar-refractivity contribution in [2.45, 2.75) is 150 Å². The quantitative estimate of drug-likeness (QED) is 0.0303. The molecule has 8 amide bonds. The van der Waals surface area contributed by atoms with Gasteiger partial charge in [-0.25, -0.2) is 5.26 Å². The molecule has 0 bridgehead atoms. The van der Waals surface area contributed by atoms with E-state index < -0.39 is 171 Å². The molecule has 1 aliphatic carbocycles. The van der Waals surface area contributed by atoms with E-state index in [1.165, 1.54) is 18.6 Å². The van der Waals surface area contributed by atoms with Gasteiger partial charge in [-0.2, -0.15) is 0 Å². The van der Waals surface area contributed by atoms with Crippen LogP contribution in [0.15, 0.2) is 72.8 Å². The van der Waals surface area contributed by atoms with Crippen molar-refractivity contribution in [1.82, 2.24) is 41.3 Å². The van der Waals surface area contributed by atoms with Crippen LogP contribution in [0.5, 0.6) is 11.5 Å². The first-order valence-electron chi connectivity index (χ1n) is 29.3. The number of nitrogens with zero attached hydrogens (tertiary/aromatic N) is 4. The summed E-state index contributed by atoms with van der Waals surface area (Å²) in [6.07, 6.45) is -8.91. The number of fused-ring (bicyclic) bond motifs is 2. The Kier molecular flexibility index (Phi) is 23.0. The molecule has 0 aromatic heterocycles. The number of anilines is 1. The normalized spacial score (nSPS) is 29.3. The van der Waals surface area contributed by atoms with Crippen molar-refractivity contribution in [3.05, 3.63) is 89.5 Å². The molecule has 4 aliphatic heterocycles. The van der Waals surface area contributed by atoms with Gasteiger partial charge < -0.3 is 86.9 Å². The number of β-amino-alcohol motifs (C(OH)–C–C–N with tert-alkyl or cyclic N) is 1. The third kappa shape index (κ3) is 16.5. The number of piperazine rings is 1. The zero-order chi connectivity index (χ0) is 63.5. The molecule has 3 aromatic carbocycles. The summed E-state index contributed by atoms with van der Waals surface area (Å²) in [6, 6.07) is 9.77. The van der Waals surface area contributed by atoms with Gasteiger partial charge in [0.2, 0.25) is 41.4 Å². The predicted octanol–water partition coefficient (Wildman–Crippen LogP) is -2.57. The predicted molar refractivity (Wildman–Crippen MR) is 311 cm³/mol. The fourth-order valence-corrected chi connectivity index (χ4v) is 12.6. The number of hydrogen-bond acceptors (Lipinski definition) is 22. The number of benzene rings is 3. The van der Waals surface area contributed by atoms with Gasteiger partial charge in [0.25, 0.3) is 18.2 Å². The average molecular weight is 1250 g/mol. The number of primary amides is 1. The van der Waals surface area contributed by atoms with E-state index in [-0.39, 0.29) is 35.7 Å². The summed E-state index contributed by atoms with van der Waals surface area (Å²) in [4.78, 5) is 120. The van der Waals surface area contributed by atoms with Crippen LogP contribution in [0.1, 0.15) is 86.2 Å². The highest BCUT2D eigenvalue weighted by Crippen LogP contribution is 2.36. The number of nitrogens with two attached hydrogens (primary N) is 1. The number of phenols is 1. The molecule has 30 heteroatoms. The first-order chi connectivity index (χ1) is 42.0. The Morgan fingerprint density at radius 2 is 1.41 bits per heavy atom. The Hall–Kier alpha value is -7.23. The second-order valence-corrected chi connectivity index (χ2v) is 23.7. The number of amides is 8. The van der Waals surface area contributed by atoms with Gasteiger partial charge in [0.05, 0.1) is 43.0 Å². The molecular formula is C58H78N10O19S. The Labute approximate surface area is 511 Å². The van der Waals surface area contributed by atoms with Crippen molar-refractivity contribution in [3.8, 4) is 11.5 Å². The second kappa shape index (κ2) is 30.3. The first kappa shape index (κ1) is 66.7. The van der Waals surface area contributed by atoms with Crippen molar-refractivity contribution < 1.29 is 92.9 Å². The summed E-state index contributed by atoms with van der Waals surface area (Å²) in [5.41, 5.74) is 7.85. The molecule has 13 atom stereocenters. The molecule has 5 fully saturated rings. The van der Waals surface area contributed by atoms with Crippen molar-refractivity contribution >= 4 is 65.3 Å². The van der Waals surface area contributed by atoms with Gasteiger partial charge in [-0.3, -0.25) is 43.3 Å². The van der Waals surface area contributed by atoms with Crippen LogP contribution in [0.4, 0.5) is 5.69 Å². The third-order valence-electron chi connectivity index (χ3n) is 17.1. The molecule has 13 unspecified atom stereocenters. The van der Waals surface area contributed by atoms with Gasteiger partial charge in [-0.1, -0.05) is 52.7 Å². The van der Waals surface area contributed by atoms with Crippen LogP contribution in [-0.2, 0) is 49.4 Å². The van der Waals surface area contributed by atoms with Gasteiger partial charge in [-0.15, -0.1) is 0 Å². The van der Waals surface area contributed by atoms with E-state index in [1.54, 1.807) is 24.3 Å². The highest BCUT2D eigenvalue weighted by atomic mass is 32.2. The minimum atomic E-state index is -2.20. The van der Waals surface area contributed by atoms with Crippen LogP contribution in [0.25, 0.3) is 0 Å². The monoisotopic (exact) mass is 1250 g/mol. The Bertz CT molecular complexity index is 2940. The smallest absolute Gasteiger partial charge is 0.261 e. The van der Waals surface area contributed by atoms with Crippen molar-refractivity contribution in [2.24, 2.45) is 11.7 Å². The van der Waals surface area contributed by atoms with E-state index in [1.807, 2.05) is 6.07 Å². The molecule has 5 aliphatic rings. The maximum absolute atomic E-state index is 14.7. The summed E-state index contributed by atoms with van der Waals surface area (Å²) in [7, 11) is 0. The number of aliphatic hydroxyl groups excluding tert-OH is 6. The van der Waals surface area contributed by atoms with E-state index in [9.17, 15) is 74.1 Å². The standard InChI is InChI=1S/C58H78N10O19S/c1-30-28-68-50(51(30)76)56(81)60-27-38(70)24-40(61-52(77)35-11-15-37(16-12-35)66-20-18-65(19-21-66)36-13-9-34(10-14-36)33-6-4-3-5-7-33)53(78)62-47(31(2)69)57(82)67-29-39(71)25-41(67)54(79)63-48(55(80)64-49(58(68)83)44(74)26-46(59)75)43(73)22-32-8-17-42(72)45(23-32)85-88-87-86-84/h3-8,11-12,15-17,23,30-31,34,36,38-41,43-44,47-51,69-74,76,84H,9-10,13-14,18-22,24-29H2,1-2H3,(H2,59,75)(H,60,81)(H,61,77)(H,62,78)(H,63,79)(H,64,80). The van der Waals surface area contributed by atoms with Gasteiger partial charge in [0.1, 0.15) is 36.3 Å². The van der Waals surface area contributed by atoms with Crippen LogP contribution in [0, 0.1) is 5.92 Å². The molecule has 0 spiro atoms.